The molecular weight excluding hydrogens is 429 g/mol. The minimum Gasteiger partial charge on any atom is -0.378 e. The molecule has 8 nitrogen and oxygen atoms in total. The molecule has 0 aliphatic carbocycles. The third kappa shape index (κ3) is 6.08. The summed E-state index contributed by atoms with van der Waals surface area (Å²) in [7, 11) is -3.55. The van der Waals surface area contributed by atoms with Crippen LogP contribution in [0.5, 0.6) is 0 Å². The van der Waals surface area contributed by atoms with E-state index in [1.54, 1.807) is 18.2 Å². The van der Waals surface area contributed by atoms with E-state index in [2.05, 4.69) is 10.6 Å². The topological polar surface area (TPSA) is 118 Å². The molecule has 150 valence electrons. The predicted octanol–water partition coefficient (Wildman–Crippen LogP) is 3.08. The van der Waals surface area contributed by atoms with E-state index in [0.29, 0.717) is 15.6 Å². The Morgan fingerprint density at radius 2 is 1.82 bits per heavy atom. The lowest BCUT2D eigenvalue weighted by molar-refractivity contribution is -0.384. The molecule has 0 saturated heterocycles. The smallest absolute Gasteiger partial charge is 0.293 e. The molecule has 0 aromatic heterocycles. The normalized spacial score (nSPS) is 11.1. The lowest BCUT2D eigenvalue weighted by Gasteiger charge is -2.10. The Kier molecular flexibility index (Phi) is 7.22. The van der Waals surface area contributed by atoms with Gasteiger partial charge in [0.2, 0.25) is 5.91 Å². The second-order valence-corrected chi connectivity index (χ2v) is 8.74. The fraction of sp³-hybridized carbons (Fsp3) is 0.235. The summed E-state index contributed by atoms with van der Waals surface area (Å²) in [5.74, 6) is -0.248. The van der Waals surface area contributed by atoms with Crippen molar-refractivity contribution in [1.82, 2.24) is 5.32 Å². The Balaban J connectivity index is 1.91. The summed E-state index contributed by atoms with van der Waals surface area (Å²) in [5, 5.41) is 17.4. The van der Waals surface area contributed by atoms with Crippen molar-refractivity contribution in [2.75, 3.05) is 24.7 Å². The van der Waals surface area contributed by atoms with Gasteiger partial charge in [-0.3, -0.25) is 14.9 Å². The molecule has 0 heterocycles. The molecule has 0 aliphatic rings. The number of nitro groups is 1. The molecule has 2 rings (SSSR count). The van der Waals surface area contributed by atoms with E-state index in [4.69, 9.17) is 23.2 Å². The van der Waals surface area contributed by atoms with Crippen molar-refractivity contribution in [3.05, 3.63) is 62.1 Å². The van der Waals surface area contributed by atoms with Crippen LogP contribution in [-0.2, 0) is 21.1 Å². The van der Waals surface area contributed by atoms with Gasteiger partial charge in [0.15, 0.2) is 9.84 Å². The summed E-state index contributed by atoms with van der Waals surface area (Å²) in [5.41, 5.74) is 0.507. The number of rotatable bonds is 8. The number of amides is 1. The maximum Gasteiger partial charge on any atom is 0.293 e. The number of carbonyl (C=O) groups excluding carboxylic acids is 1. The molecule has 0 radical (unpaired) electrons. The van der Waals surface area contributed by atoms with E-state index in [-0.39, 0.29) is 41.7 Å². The molecule has 0 spiro atoms. The van der Waals surface area contributed by atoms with Crippen LogP contribution in [0.15, 0.2) is 41.3 Å². The van der Waals surface area contributed by atoms with E-state index in [9.17, 15) is 23.3 Å². The molecule has 0 bridgehead atoms. The van der Waals surface area contributed by atoms with E-state index < -0.39 is 14.8 Å². The number of nitro benzene ring substituents is 1. The summed E-state index contributed by atoms with van der Waals surface area (Å²) >= 11 is 11.7. The standard InChI is InChI=1S/C17H17Cl2N3O5S/c1-28(26,27)12-3-5-15(16(10-12)22(24)25)20-6-7-21-17(23)9-11-2-4-13(18)14(19)8-11/h2-5,8,10,20H,6-7,9H2,1H3,(H,21,23). The van der Waals surface area contributed by atoms with Crippen LogP contribution < -0.4 is 10.6 Å². The first-order chi connectivity index (χ1) is 13.1. The van der Waals surface area contributed by atoms with Crippen molar-refractivity contribution < 1.29 is 18.1 Å². The maximum atomic E-state index is 12.0. The van der Waals surface area contributed by atoms with Crippen molar-refractivity contribution in [3.8, 4) is 0 Å². The second-order valence-electron chi connectivity index (χ2n) is 5.91. The molecule has 0 fully saturated rings. The second kappa shape index (κ2) is 9.22. The number of halogens is 2. The minimum atomic E-state index is -3.55. The Labute approximate surface area is 171 Å². The van der Waals surface area contributed by atoms with Gasteiger partial charge in [-0.2, -0.15) is 0 Å². The summed E-state index contributed by atoms with van der Waals surface area (Å²) in [6.07, 6.45) is 1.09. The van der Waals surface area contributed by atoms with Crippen molar-refractivity contribution >= 4 is 50.3 Å². The van der Waals surface area contributed by atoms with Gasteiger partial charge in [-0.1, -0.05) is 29.3 Å². The van der Waals surface area contributed by atoms with Crippen LogP contribution in [0.4, 0.5) is 11.4 Å². The molecule has 1 amide bonds. The van der Waals surface area contributed by atoms with Gasteiger partial charge in [0.05, 0.1) is 26.3 Å². The summed E-state index contributed by atoms with van der Waals surface area (Å²) in [6, 6.07) is 8.51. The lowest BCUT2D eigenvalue weighted by atomic mass is 10.1. The number of nitrogens with zero attached hydrogens (tertiary/aromatic N) is 1. The van der Waals surface area contributed by atoms with Crippen LogP contribution in [0.3, 0.4) is 0 Å². The van der Waals surface area contributed by atoms with Gasteiger partial charge in [0.25, 0.3) is 5.69 Å². The van der Waals surface area contributed by atoms with Gasteiger partial charge in [0, 0.05) is 25.4 Å². The average molecular weight is 446 g/mol. The average Bonchev–Trinajstić information content (AvgIpc) is 2.61. The summed E-state index contributed by atoms with van der Waals surface area (Å²) in [4.78, 5) is 22.3. The van der Waals surface area contributed by atoms with Crippen LogP contribution in [-0.4, -0.2) is 38.6 Å². The first-order valence-corrected chi connectivity index (χ1v) is 10.7. The van der Waals surface area contributed by atoms with Crippen molar-refractivity contribution in [3.63, 3.8) is 0 Å². The molecular formula is C17H17Cl2N3O5S. The first-order valence-electron chi connectivity index (χ1n) is 8.01. The minimum absolute atomic E-state index is 0.111. The highest BCUT2D eigenvalue weighted by Gasteiger charge is 2.18. The highest BCUT2D eigenvalue weighted by Crippen LogP contribution is 2.27. The third-order valence-electron chi connectivity index (χ3n) is 3.71. The number of benzene rings is 2. The number of carbonyl (C=O) groups is 1. The third-order valence-corrected chi connectivity index (χ3v) is 5.55. The number of hydrogen-bond acceptors (Lipinski definition) is 6. The predicted molar refractivity (Wildman–Crippen MR) is 108 cm³/mol. The van der Waals surface area contributed by atoms with Crippen molar-refractivity contribution in [2.24, 2.45) is 0 Å². The highest BCUT2D eigenvalue weighted by molar-refractivity contribution is 7.90. The number of hydrogen-bond donors (Lipinski definition) is 2. The molecule has 0 atom stereocenters. The molecule has 2 aromatic rings. The first kappa shape index (κ1) is 21.9. The number of anilines is 1. The molecule has 0 aliphatic heterocycles. The monoisotopic (exact) mass is 445 g/mol. The van der Waals surface area contributed by atoms with Gasteiger partial charge in [-0.25, -0.2) is 8.42 Å². The molecule has 2 aromatic carbocycles. The molecule has 0 saturated carbocycles. The number of sulfone groups is 1. The van der Waals surface area contributed by atoms with Gasteiger partial charge in [-0.15, -0.1) is 0 Å². The fourth-order valence-electron chi connectivity index (χ4n) is 2.34. The molecule has 11 heteroatoms. The van der Waals surface area contributed by atoms with Crippen LogP contribution in [0, 0.1) is 10.1 Å². The van der Waals surface area contributed by atoms with Gasteiger partial charge in [-0.05, 0) is 29.8 Å². The molecule has 28 heavy (non-hydrogen) atoms. The van der Waals surface area contributed by atoms with Gasteiger partial charge >= 0.3 is 0 Å². The summed E-state index contributed by atoms with van der Waals surface area (Å²) in [6.45, 7) is 0.428. The van der Waals surface area contributed by atoms with E-state index >= 15 is 0 Å². The quantitative estimate of drug-likeness (QED) is 0.366. The summed E-state index contributed by atoms with van der Waals surface area (Å²) < 4.78 is 23.1. The zero-order valence-corrected chi connectivity index (χ0v) is 17.1. The highest BCUT2D eigenvalue weighted by atomic mass is 35.5. The molecule has 2 N–H and O–H groups in total. The Hall–Kier alpha value is -2.36. The lowest BCUT2D eigenvalue weighted by Crippen LogP contribution is -2.30. The van der Waals surface area contributed by atoms with Crippen LogP contribution in [0.1, 0.15) is 5.56 Å². The Morgan fingerprint density at radius 1 is 1.11 bits per heavy atom. The Morgan fingerprint density at radius 3 is 2.43 bits per heavy atom. The zero-order valence-electron chi connectivity index (χ0n) is 14.7. The maximum absolute atomic E-state index is 12.0. The van der Waals surface area contributed by atoms with E-state index in [1.807, 2.05) is 0 Å². The van der Waals surface area contributed by atoms with E-state index in [0.717, 1.165) is 12.3 Å². The Bertz CT molecular complexity index is 1010. The fourth-order valence-corrected chi connectivity index (χ4v) is 3.30. The van der Waals surface area contributed by atoms with E-state index in [1.165, 1.54) is 12.1 Å². The van der Waals surface area contributed by atoms with Gasteiger partial charge < -0.3 is 10.6 Å². The van der Waals surface area contributed by atoms with Crippen LogP contribution >= 0.6 is 23.2 Å². The van der Waals surface area contributed by atoms with Crippen LogP contribution in [0.2, 0.25) is 10.0 Å². The van der Waals surface area contributed by atoms with Crippen molar-refractivity contribution in [1.29, 1.82) is 0 Å². The largest absolute Gasteiger partial charge is 0.378 e. The van der Waals surface area contributed by atoms with Crippen molar-refractivity contribution in [2.45, 2.75) is 11.3 Å². The van der Waals surface area contributed by atoms with Crippen LogP contribution in [0.25, 0.3) is 0 Å². The SMILES string of the molecule is CS(=O)(=O)c1ccc(NCCNC(=O)Cc2ccc(Cl)c(Cl)c2)c([N+](=O)[O-])c1. The van der Waals surface area contributed by atoms with Gasteiger partial charge in [0.1, 0.15) is 5.69 Å². The molecule has 0 unspecified atom stereocenters. The zero-order chi connectivity index (χ0) is 20.9. The number of nitrogens with one attached hydrogen (secondary N) is 2.